The number of ether oxygens (including phenoxy) is 2. The number of carbonyl (C=O) groups is 1. The van der Waals surface area contributed by atoms with Crippen LogP contribution >= 0.6 is 22.7 Å². The predicted octanol–water partition coefficient (Wildman–Crippen LogP) is 2.32. The number of rotatable bonds is 5. The highest BCUT2D eigenvalue weighted by Crippen LogP contribution is 2.23. The molecule has 0 aliphatic heterocycles. The largest absolute Gasteiger partial charge is 0.497 e. The van der Waals surface area contributed by atoms with Gasteiger partial charge in [0.1, 0.15) is 11.5 Å². The zero-order valence-corrected chi connectivity index (χ0v) is 16.1. The number of nitrogens with one attached hydrogen (secondary N) is 1. The molecule has 0 radical (unpaired) electrons. The van der Waals surface area contributed by atoms with Crippen molar-refractivity contribution in [1.82, 2.24) is 4.98 Å². The fraction of sp³-hybridized carbons (Fsp3) is 0.158. The molecule has 0 amide bonds. The lowest BCUT2D eigenvalue weighted by Crippen LogP contribution is -2.19. The summed E-state index contributed by atoms with van der Waals surface area (Å²) in [5, 5.41) is 0. The van der Waals surface area contributed by atoms with Crippen molar-refractivity contribution >= 4 is 40.6 Å². The smallest absolute Gasteiger partial charge is 0.266 e. The number of thiazole rings is 1. The van der Waals surface area contributed by atoms with Crippen molar-refractivity contribution in [1.29, 1.82) is 0 Å². The molecular weight excluding hydrogens is 370 g/mol. The van der Waals surface area contributed by atoms with E-state index in [0.717, 1.165) is 4.88 Å². The summed E-state index contributed by atoms with van der Waals surface area (Å²) in [5.41, 5.74) is 0.221. The first-order valence-corrected chi connectivity index (χ1v) is 9.38. The standard InChI is InChI=1S/C19H17NO4S2/c1-11-4-5-15(25-11)9-17-19(22)20-18(26-17)10-16(21)12-6-13(23-2)8-14(7-12)24-3/h4-10H,1-3H3,(H,20,22). The van der Waals surface area contributed by atoms with Crippen LogP contribution < -0.4 is 24.2 Å². The zero-order chi connectivity index (χ0) is 18.7. The molecule has 3 rings (SSSR count). The summed E-state index contributed by atoms with van der Waals surface area (Å²) in [6, 6.07) is 8.93. The van der Waals surface area contributed by atoms with Crippen LogP contribution in [-0.4, -0.2) is 25.0 Å². The third kappa shape index (κ3) is 4.12. The minimum absolute atomic E-state index is 0.205. The quantitative estimate of drug-likeness (QED) is 0.682. The van der Waals surface area contributed by atoms with Crippen LogP contribution in [0, 0.1) is 6.92 Å². The molecule has 2 aromatic heterocycles. The minimum atomic E-state index is -0.238. The van der Waals surface area contributed by atoms with Gasteiger partial charge in [0.25, 0.3) is 5.56 Å². The molecule has 0 unspecified atom stereocenters. The van der Waals surface area contributed by atoms with Crippen molar-refractivity contribution in [3.05, 3.63) is 65.2 Å². The Labute approximate surface area is 157 Å². The Bertz CT molecular complexity index is 1100. The van der Waals surface area contributed by atoms with Gasteiger partial charge in [-0.1, -0.05) is 0 Å². The summed E-state index contributed by atoms with van der Waals surface area (Å²) < 4.78 is 11.4. The molecule has 0 aliphatic carbocycles. The molecule has 0 aliphatic rings. The van der Waals surface area contributed by atoms with Gasteiger partial charge in [0.15, 0.2) is 5.78 Å². The van der Waals surface area contributed by atoms with E-state index in [4.69, 9.17) is 9.47 Å². The van der Waals surface area contributed by atoms with Gasteiger partial charge < -0.3 is 14.5 Å². The summed E-state index contributed by atoms with van der Waals surface area (Å²) in [6.45, 7) is 2.01. The number of thiophene rings is 1. The SMILES string of the molecule is COc1cc(OC)cc(C(=O)C=c2[nH]c(=O)c(=Cc3ccc(C)s3)s2)c1. The Morgan fingerprint density at radius 1 is 1.08 bits per heavy atom. The number of aromatic amines is 1. The number of hydrogen-bond donors (Lipinski definition) is 1. The molecule has 0 spiro atoms. The number of methoxy groups -OCH3 is 2. The average molecular weight is 387 g/mol. The number of H-pyrrole nitrogens is 1. The first-order chi connectivity index (χ1) is 12.5. The van der Waals surface area contributed by atoms with E-state index in [-0.39, 0.29) is 11.3 Å². The van der Waals surface area contributed by atoms with Crippen molar-refractivity contribution in [3.63, 3.8) is 0 Å². The van der Waals surface area contributed by atoms with Crippen LogP contribution in [0.4, 0.5) is 0 Å². The maximum atomic E-state index is 12.5. The maximum Gasteiger partial charge on any atom is 0.266 e. The fourth-order valence-electron chi connectivity index (χ4n) is 2.34. The number of carbonyl (C=O) groups excluding carboxylic acids is 1. The van der Waals surface area contributed by atoms with Gasteiger partial charge in [-0.05, 0) is 37.3 Å². The highest BCUT2D eigenvalue weighted by atomic mass is 32.1. The molecule has 1 N–H and O–H groups in total. The van der Waals surface area contributed by atoms with Crippen LogP contribution in [0.25, 0.3) is 12.2 Å². The van der Waals surface area contributed by atoms with Crippen molar-refractivity contribution in [2.24, 2.45) is 0 Å². The van der Waals surface area contributed by atoms with Crippen molar-refractivity contribution in [2.75, 3.05) is 14.2 Å². The number of Topliss-reactive ketones (excluding diaryl/α,β-unsaturated/α-hetero) is 1. The molecule has 1 aromatic carbocycles. The van der Waals surface area contributed by atoms with E-state index < -0.39 is 0 Å². The van der Waals surface area contributed by atoms with Crippen LogP contribution in [0.5, 0.6) is 11.5 Å². The molecule has 0 atom stereocenters. The van der Waals surface area contributed by atoms with E-state index in [1.165, 1.54) is 36.5 Å². The highest BCUT2D eigenvalue weighted by molar-refractivity contribution is 7.13. The Hall–Kier alpha value is -2.64. The van der Waals surface area contributed by atoms with Crippen molar-refractivity contribution in [2.45, 2.75) is 6.92 Å². The van der Waals surface area contributed by atoms with Gasteiger partial charge >= 0.3 is 0 Å². The van der Waals surface area contributed by atoms with Gasteiger partial charge in [-0.25, -0.2) is 0 Å². The Morgan fingerprint density at radius 3 is 2.35 bits per heavy atom. The second-order valence-corrected chi connectivity index (χ2v) is 7.89. The number of aromatic nitrogens is 1. The molecule has 0 fully saturated rings. The van der Waals surface area contributed by atoms with Crippen LogP contribution in [0.2, 0.25) is 0 Å². The Kier molecular flexibility index (Phi) is 5.39. The number of ketones is 1. The molecule has 134 valence electrons. The van der Waals surface area contributed by atoms with E-state index in [9.17, 15) is 9.59 Å². The van der Waals surface area contributed by atoms with Crippen LogP contribution in [0.3, 0.4) is 0 Å². The highest BCUT2D eigenvalue weighted by Gasteiger charge is 2.08. The normalized spacial score (nSPS) is 12.4. The first kappa shape index (κ1) is 18.2. The third-order valence-electron chi connectivity index (χ3n) is 3.61. The predicted molar refractivity (Wildman–Crippen MR) is 105 cm³/mol. The second-order valence-electron chi connectivity index (χ2n) is 5.49. The molecule has 2 heterocycles. The number of benzene rings is 1. The average Bonchev–Trinajstić information content (AvgIpc) is 3.19. The molecule has 0 bridgehead atoms. The summed E-state index contributed by atoms with van der Waals surface area (Å²) >= 11 is 2.86. The summed E-state index contributed by atoms with van der Waals surface area (Å²) in [7, 11) is 3.05. The molecule has 0 saturated carbocycles. The monoisotopic (exact) mass is 387 g/mol. The van der Waals surface area contributed by atoms with Crippen LogP contribution in [0.1, 0.15) is 20.1 Å². The third-order valence-corrected chi connectivity index (χ3v) is 5.52. The molecule has 26 heavy (non-hydrogen) atoms. The van der Waals surface area contributed by atoms with Crippen LogP contribution in [0.15, 0.2) is 35.1 Å². The van der Waals surface area contributed by atoms with Gasteiger partial charge in [0, 0.05) is 27.5 Å². The molecular formula is C19H17NO4S2. The Balaban J connectivity index is 1.98. The lowest BCUT2D eigenvalue weighted by atomic mass is 10.1. The fourth-order valence-corrected chi connectivity index (χ4v) is 4.11. The van der Waals surface area contributed by atoms with E-state index in [0.29, 0.717) is 26.3 Å². The molecule has 5 nitrogen and oxygen atoms in total. The lowest BCUT2D eigenvalue weighted by Gasteiger charge is -2.06. The van der Waals surface area contributed by atoms with Crippen molar-refractivity contribution < 1.29 is 14.3 Å². The number of hydrogen-bond acceptors (Lipinski definition) is 6. The first-order valence-electron chi connectivity index (χ1n) is 7.75. The van der Waals surface area contributed by atoms with Gasteiger partial charge in [-0.3, -0.25) is 9.59 Å². The minimum Gasteiger partial charge on any atom is -0.497 e. The summed E-state index contributed by atoms with van der Waals surface area (Å²) in [4.78, 5) is 29.6. The summed E-state index contributed by atoms with van der Waals surface area (Å²) in [5.74, 6) is 0.823. The molecule has 7 heteroatoms. The second kappa shape index (κ2) is 7.72. The number of aryl methyl sites for hydroxylation is 1. The van der Waals surface area contributed by atoms with E-state index in [1.807, 2.05) is 25.1 Å². The van der Waals surface area contributed by atoms with Gasteiger partial charge in [-0.15, -0.1) is 22.7 Å². The maximum absolute atomic E-state index is 12.5. The Morgan fingerprint density at radius 2 is 1.77 bits per heavy atom. The lowest BCUT2D eigenvalue weighted by molar-refractivity contribution is 0.106. The van der Waals surface area contributed by atoms with Gasteiger partial charge in [0.2, 0.25) is 0 Å². The summed E-state index contributed by atoms with van der Waals surface area (Å²) in [6.07, 6.45) is 3.24. The zero-order valence-electron chi connectivity index (χ0n) is 14.5. The van der Waals surface area contributed by atoms with Crippen LogP contribution in [-0.2, 0) is 0 Å². The van der Waals surface area contributed by atoms with Crippen molar-refractivity contribution in [3.8, 4) is 11.5 Å². The molecule has 3 aromatic rings. The van der Waals surface area contributed by atoms with E-state index in [1.54, 1.807) is 29.5 Å². The molecule has 0 saturated heterocycles. The van der Waals surface area contributed by atoms with Gasteiger partial charge in [0.05, 0.1) is 23.4 Å². The van der Waals surface area contributed by atoms with E-state index in [2.05, 4.69) is 4.98 Å². The van der Waals surface area contributed by atoms with Gasteiger partial charge in [-0.2, -0.15) is 0 Å². The topological polar surface area (TPSA) is 68.4 Å². The van der Waals surface area contributed by atoms with E-state index >= 15 is 0 Å².